The molecule has 0 saturated heterocycles. The lowest BCUT2D eigenvalue weighted by atomic mass is 10.5. The molecule has 0 amide bonds. The molecule has 0 unspecified atom stereocenters. The topological polar surface area (TPSA) is 76.0 Å². The molecule has 0 aromatic carbocycles. The van der Waals surface area contributed by atoms with Crippen molar-refractivity contribution in [3.05, 3.63) is 37.6 Å². The van der Waals surface area contributed by atoms with Gasteiger partial charge in [0.05, 0.1) is 0 Å². The third-order valence-corrected chi connectivity index (χ3v) is 1.34. The standard InChI is InChI=1S/C5H3ClN2O3/c6-3-1-2-4(9)7-5(3)8(10)11/h1-2H,(H,7,9). The molecule has 0 radical (unpaired) electrons. The molecule has 0 aliphatic heterocycles. The summed E-state index contributed by atoms with van der Waals surface area (Å²) in [6.07, 6.45) is 0. The molecule has 1 heterocycles. The molecule has 11 heavy (non-hydrogen) atoms. The Morgan fingerprint density at radius 1 is 1.55 bits per heavy atom. The molecule has 0 bridgehead atoms. The summed E-state index contributed by atoms with van der Waals surface area (Å²) in [6.45, 7) is 0. The minimum absolute atomic E-state index is 0.0744. The van der Waals surface area contributed by atoms with Gasteiger partial charge in [-0.3, -0.25) is 0 Å². The zero-order valence-corrected chi connectivity index (χ0v) is 5.96. The Balaban J connectivity index is 3.35. The van der Waals surface area contributed by atoms with Gasteiger partial charge in [-0.05, 0) is 11.0 Å². The van der Waals surface area contributed by atoms with Crippen molar-refractivity contribution in [2.45, 2.75) is 0 Å². The number of hydrogen-bond acceptors (Lipinski definition) is 3. The molecular weight excluding hydrogens is 172 g/mol. The van der Waals surface area contributed by atoms with E-state index in [-0.39, 0.29) is 5.02 Å². The van der Waals surface area contributed by atoms with Crippen molar-refractivity contribution in [3.63, 3.8) is 0 Å². The lowest BCUT2D eigenvalue weighted by Crippen LogP contribution is -2.06. The minimum Gasteiger partial charge on any atom is -0.358 e. The van der Waals surface area contributed by atoms with Crippen LogP contribution >= 0.6 is 11.6 Å². The number of H-pyrrole nitrogens is 1. The summed E-state index contributed by atoms with van der Waals surface area (Å²) in [7, 11) is 0. The van der Waals surface area contributed by atoms with E-state index < -0.39 is 16.3 Å². The smallest absolute Gasteiger partial charge is 0.342 e. The van der Waals surface area contributed by atoms with E-state index in [1.54, 1.807) is 0 Å². The van der Waals surface area contributed by atoms with Crippen LogP contribution < -0.4 is 5.56 Å². The van der Waals surface area contributed by atoms with Gasteiger partial charge in [-0.2, -0.15) is 0 Å². The number of halogens is 1. The van der Waals surface area contributed by atoms with E-state index >= 15 is 0 Å². The van der Waals surface area contributed by atoms with Gasteiger partial charge in [0.25, 0.3) is 0 Å². The summed E-state index contributed by atoms with van der Waals surface area (Å²) in [5, 5.41) is 10.1. The lowest BCUT2D eigenvalue weighted by Gasteiger charge is -1.93. The van der Waals surface area contributed by atoms with Gasteiger partial charge in [0, 0.05) is 6.07 Å². The molecule has 1 N–H and O–H groups in total. The number of rotatable bonds is 1. The zero-order chi connectivity index (χ0) is 8.43. The maximum absolute atomic E-state index is 10.5. The predicted octanol–water partition coefficient (Wildman–Crippen LogP) is 0.936. The van der Waals surface area contributed by atoms with Crippen LogP contribution in [-0.4, -0.2) is 9.91 Å². The van der Waals surface area contributed by atoms with Crippen molar-refractivity contribution in [1.29, 1.82) is 0 Å². The van der Waals surface area contributed by atoms with Gasteiger partial charge in [-0.25, -0.2) is 9.78 Å². The third-order valence-electron chi connectivity index (χ3n) is 1.03. The molecular formula is C5H3ClN2O3. The summed E-state index contributed by atoms with van der Waals surface area (Å²) < 4.78 is 0. The fourth-order valence-corrected chi connectivity index (χ4v) is 0.758. The average molecular weight is 175 g/mol. The maximum atomic E-state index is 10.5. The first kappa shape index (κ1) is 7.74. The summed E-state index contributed by atoms with van der Waals surface area (Å²) in [5.41, 5.74) is -0.541. The van der Waals surface area contributed by atoms with Gasteiger partial charge in [0.2, 0.25) is 0 Å². The Morgan fingerprint density at radius 2 is 2.18 bits per heavy atom. The van der Waals surface area contributed by atoms with Crippen LogP contribution in [0.1, 0.15) is 0 Å². The highest BCUT2D eigenvalue weighted by Crippen LogP contribution is 2.17. The Hall–Kier alpha value is -1.36. The van der Waals surface area contributed by atoms with Gasteiger partial charge in [0.15, 0.2) is 0 Å². The van der Waals surface area contributed by atoms with Gasteiger partial charge in [-0.15, -0.1) is 0 Å². The highest BCUT2D eigenvalue weighted by atomic mass is 35.5. The van der Waals surface area contributed by atoms with Crippen LogP contribution in [0.3, 0.4) is 0 Å². The van der Waals surface area contributed by atoms with E-state index in [4.69, 9.17) is 11.6 Å². The van der Waals surface area contributed by atoms with Crippen molar-refractivity contribution < 1.29 is 4.92 Å². The van der Waals surface area contributed by atoms with Crippen molar-refractivity contribution in [3.8, 4) is 0 Å². The van der Waals surface area contributed by atoms with Gasteiger partial charge in [0.1, 0.15) is 5.02 Å². The van der Waals surface area contributed by atoms with Crippen LogP contribution in [0.2, 0.25) is 5.02 Å². The quantitative estimate of drug-likeness (QED) is 0.508. The average Bonchev–Trinajstić information content (AvgIpc) is 1.94. The van der Waals surface area contributed by atoms with Crippen molar-refractivity contribution in [2.24, 2.45) is 0 Å². The first-order chi connectivity index (χ1) is 5.11. The molecule has 1 aromatic heterocycles. The van der Waals surface area contributed by atoms with Crippen LogP contribution in [-0.2, 0) is 0 Å². The molecule has 0 atom stereocenters. The molecule has 0 aliphatic carbocycles. The van der Waals surface area contributed by atoms with E-state index in [0.717, 1.165) is 6.07 Å². The molecule has 58 valence electrons. The third kappa shape index (κ3) is 1.56. The Morgan fingerprint density at radius 3 is 2.64 bits per heavy atom. The van der Waals surface area contributed by atoms with Gasteiger partial charge in [-0.1, -0.05) is 11.6 Å². The van der Waals surface area contributed by atoms with E-state index in [9.17, 15) is 14.9 Å². The van der Waals surface area contributed by atoms with Crippen molar-refractivity contribution in [1.82, 2.24) is 4.98 Å². The molecule has 5 nitrogen and oxygen atoms in total. The number of aromatic amines is 1. The van der Waals surface area contributed by atoms with E-state index in [2.05, 4.69) is 0 Å². The largest absolute Gasteiger partial charge is 0.358 e. The monoisotopic (exact) mass is 174 g/mol. The zero-order valence-electron chi connectivity index (χ0n) is 5.20. The summed E-state index contributed by atoms with van der Waals surface area (Å²) in [4.78, 5) is 21.9. The van der Waals surface area contributed by atoms with E-state index in [1.165, 1.54) is 6.07 Å². The first-order valence-electron chi connectivity index (χ1n) is 2.64. The Bertz CT molecular complexity index is 346. The Labute approximate surface area is 65.8 Å². The number of nitrogens with one attached hydrogen (secondary N) is 1. The van der Waals surface area contributed by atoms with E-state index in [0.29, 0.717) is 0 Å². The normalized spacial score (nSPS) is 9.55. The number of nitrogens with zero attached hydrogens (tertiary/aromatic N) is 1. The molecule has 6 heteroatoms. The van der Waals surface area contributed by atoms with Gasteiger partial charge >= 0.3 is 11.4 Å². The van der Waals surface area contributed by atoms with Crippen LogP contribution in [0.4, 0.5) is 5.82 Å². The number of nitro groups is 1. The summed E-state index contributed by atoms with van der Waals surface area (Å²) in [6, 6.07) is 2.30. The van der Waals surface area contributed by atoms with E-state index in [1.807, 2.05) is 4.98 Å². The molecule has 0 fully saturated rings. The molecule has 1 aromatic rings. The van der Waals surface area contributed by atoms with Crippen LogP contribution in [0, 0.1) is 10.1 Å². The summed E-state index contributed by atoms with van der Waals surface area (Å²) in [5.74, 6) is -0.473. The number of hydrogen-bond donors (Lipinski definition) is 1. The fourth-order valence-electron chi connectivity index (χ4n) is 0.579. The molecule has 0 spiro atoms. The molecule has 0 aliphatic rings. The van der Waals surface area contributed by atoms with Gasteiger partial charge < -0.3 is 10.1 Å². The van der Waals surface area contributed by atoms with Crippen LogP contribution in [0.5, 0.6) is 0 Å². The second-order valence-electron chi connectivity index (χ2n) is 1.78. The molecule has 1 rings (SSSR count). The Kier molecular flexibility index (Phi) is 1.91. The molecule has 0 saturated carbocycles. The maximum Gasteiger partial charge on any atom is 0.342 e. The number of aromatic nitrogens is 1. The van der Waals surface area contributed by atoms with Crippen molar-refractivity contribution in [2.75, 3.05) is 0 Å². The number of pyridine rings is 1. The lowest BCUT2D eigenvalue weighted by molar-refractivity contribution is -0.389. The van der Waals surface area contributed by atoms with Crippen LogP contribution in [0.25, 0.3) is 0 Å². The SMILES string of the molecule is O=c1ccc(Cl)c([N+](=O)[O-])[nH]1. The first-order valence-corrected chi connectivity index (χ1v) is 3.02. The minimum atomic E-state index is -0.746. The summed E-state index contributed by atoms with van der Waals surface area (Å²) >= 11 is 5.38. The predicted molar refractivity (Wildman–Crippen MR) is 38.7 cm³/mol. The second kappa shape index (κ2) is 2.71. The fraction of sp³-hybridized carbons (Fsp3) is 0. The van der Waals surface area contributed by atoms with Crippen molar-refractivity contribution >= 4 is 17.4 Å². The van der Waals surface area contributed by atoms with Crippen LogP contribution in [0.15, 0.2) is 16.9 Å². The highest BCUT2D eigenvalue weighted by Gasteiger charge is 2.09. The highest BCUT2D eigenvalue weighted by molar-refractivity contribution is 6.32. The second-order valence-corrected chi connectivity index (χ2v) is 2.18.